The first-order valence-corrected chi connectivity index (χ1v) is 8.82. The maximum atomic E-state index is 12.5. The Balaban J connectivity index is 1.95. The Bertz CT molecular complexity index is 873. The lowest BCUT2D eigenvalue weighted by Gasteiger charge is -2.26. The van der Waals surface area contributed by atoms with Crippen molar-refractivity contribution in [3.63, 3.8) is 0 Å². The van der Waals surface area contributed by atoms with E-state index in [4.69, 9.17) is 4.74 Å². The van der Waals surface area contributed by atoms with Crippen LogP contribution in [0.4, 0.5) is 4.79 Å². The van der Waals surface area contributed by atoms with Crippen LogP contribution < -0.4 is 10.6 Å². The average molecular weight is 420 g/mol. The molecule has 26 heavy (non-hydrogen) atoms. The zero-order chi connectivity index (χ0) is 18.8. The van der Waals surface area contributed by atoms with Gasteiger partial charge in [0.1, 0.15) is 11.7 Å². The third-order valence-electron chi connectivity index (χ3n) is 3.69. The lowest BCUT2D eigenvalue weighted by molar-refractivity contribution is -0.143. The quantitative estimate of drug-likeness (QED) is 0.742. The number of carbonyl (C=O) groups is 2. The van der Waals surface area contributed by atoms with Crippen molar-refractivity contribution in [1.82, 2.24) is 25.6 Å². The van der Waals surface area contributed by atoms with Gasteiger partial charge in [-0.2, -0.15) is 15.0 Å². The number of halogens is 1. The zero-order valence-corrected chi connectivity index (χ0v) is 16.1. The summed E-state index contributed by atoms with van der Waals surface area (Å²) in [5, 5.41) is 14.0. The molecule has 0 bridgehead atoms. The Kier molecular flexibility index (Phi) is 5.08. The number of ether oxygens (including phenoxy) is 1. The zero-order valence-electron chi connectivity index (χ0n) is 14.5. The molecule has 0 saturated heterocycles. The molecule has 2 heterocycles. The van der Waals surface area contributed by atoms with Gasteiger partial charge in [0.05, 0.1) is 23.6 Å². The third-order valence-corrected chi connectivity index (χ3v) is 4.22. The van der Waals surface area contributed by atoms with E-state index in [0.717, 1.165) is 10.2 Å². The number of nitrogens with one attached hydrogen (secondary N) is 2. The van der Waals surface area contributed by atoms with Gasteiger partial charge in [0.2, 0.25) is 0 Å². The first-order chi connectivity index (χ1) is 12.3. The summed E-state index contributed by atoms with van der Waals surface area (Å²) in [6.07, 6.45) is 1.24. The molecule has 8 nitrogen and oxygen atoms in total. The molecule has 1 aromatic heterocycles. The van der Waals surface area contributed by atoms with E-state index >= 15 is 0 Å². The molecule has 0 spiro atoms. The fourth-order valence-electron chi connectivity index (χ4n) is 2.57. The van der Waals surface area contributed by atoms with E-state index in [2.05, 4.69) is 36.8 Å². The number of hydrogen-bond acceptors (Lipinski definition) is 5. The highest BCUT2D eigenvalue weighted by Gasteiger charge is 2.34. The second-order valence-electron chi connectivity index (χ2n) is 6.06. The van der Waals surface area contributed by atoms with Crippen LogP contribution in [0.5, 0.6) is 0 Å². The van der Waals surface area contributed by atoms with Gasteiger partial charge in [0, 0.05) is 10.2 Å². The molecule has 1 aliphatic heterocycles. The van der Waals surface area contributed by atoms with E-state index in [9.17, 15) is 9.59 Å². The van der Waals surface area contributed by atoms with E-state index in [1.165, 1.54) is 11.0 Å². The van der Waals surface area contributed by atoms with Crippen LogP contribution in [0.1, 0.15) is 32.5 Å². The molecule has 136 valence electrons. The molecule has 0 aliphatic carbocycles. The summed E-state index contributed by atoms with van der Waals surface area (Å²) in [6, 6.07) is 6.31. The summed E-state index contributed by atoms with van der Waals surface area (Å²) in [4.78, 5) is 25.8. The van der Waals surface area contributed by atoms with Crippen molar-refractivity contribution in [3.8, 4) is 5.69 Å². The van der Waals surface area contributed by atoms with Crippen molar-refractivity contribution in [2.45, 2.75) is 32.9 Å². The molecule has 1 unspecified atom stereocenters. The van der Waals surface area contributed by atoms with Crippen LogP contribution >= 0.6 is 15.9 Å². The summed E-state index contributed by atoms with van der Waals surface area (Å²) in [7, 11) is 0. The van der Waals surface area contributed by atoms with Crippen LogP contribution in [0.15, 0.2) is 46.2 Å². The molecule has 2 aromatic rings. The number of benzene rings is 1. The third kappa shape index (κ3) is 3.77. The van der Waals surface area contributed by atoms with Gasteiger partial charge in [-0.05, 0) is 45.0 Å². The number of nitrogens with zero attached hydrogens (tertiary/aromatic N) is 3. The van der Waals surface area contributed by atoms with Gasteiger partial charge >= 0.3 is 12.0 Å². The second kappa shape index (κ2) is 7.28. The molecule has 9 heteroatoms. The highest BCUT2D eigenvalue weighted by atomic mass is 79.9. The molecule has 0 fully saturated rings. The number of allylic oxidation sites excluding steroid dienone is 1. The van der Waals surface area contributed by atoms with E-state index in [0.29, 0.717) is 17.0 Å². The lowest BCUT2D eigenvalue weighted by atomic mass is 10.0. The highest BCUT2D eigenvalue weighted by Crippen LogP contribution is 2.26. The molecule has 0 radical (unpaired) electrons. The van der Waals surface area contributed by atoms with Crippen LogP contribution in [0, 0.1) is 0 Å². The Morgan fingerprint density at radius 2 is 2.00 bits per heavy atom. The monoisotopic (exact) mass is 419 g/mol. The van der Waals surface area contributed by atoms with Crippen LogP contribution in [-0.2, 0) is 9.53 Å². The number of rotatable bonds is 4. The van der Waals surface area contributed by atoms with Gasteiger partial charge in [-0.15, -0.1) is 0 Å². The first-order valence-electron chi connectivity index (χ1n) is 8.02. The van der Waals surface area contributed by atoms with Gasteiger partial charge in [0.25, 0.3) is 0 Å². The highest BCUT2D eigenvalue weighted by molar-refractivity contribution is 9.10. The van der Waals surface area contributed by atoms with Gasteiger partial charge < -0.3 is 15.4 Å². The Morgan fingerprint density at radius 3 is 2.65 bits per heavy atom. The van der Waals surface area contributed by atoms with E-state index in [1.807, 2.05) is 24.3 Å². The number of aromatic nitrogens is 3. The number of carbonyl (C=O) groups excluding carboxylic acids is 2. The fourth-order valence-corrected chi connectivity index (χ4v) is 2.83. The molecule has 1 atom stereocenters. The summed E-state index contributed by atoms with van der Waals surface area (Å²) < 4.78 is 6.24. The molecule has 1 aliphatic rings. The Hall–Kier alpha value is -2.68. The van der Waals surface area contributed by atoms with Gasteiger partial charge in [-0.3, -0.25) is 0 Å². The molecule has 3 rings (SSSR count). The van der Waals surface area contributed by atoms with Crippen LogP contribution in [0.3, 0.4) is 0 Å². The number of hydrogen-bond donors (Lipinski definition) is 2. The number of urea groups is 1. The first kappa shape index (κ1) is 18.1. The van der Waals surface area contributed by atoms with Crippen molar-refractivity contribution >= 4 is 27.9 Å². The maximum Gasteiger partial charge on any atom is 0.338 e. The maximum absolute atomic E-state index is 12.5. The van der Waals surface area contributed by atoms with Crippen molar-refractivity contribution < 1.29 is 14.3 Å². The van der Waals surface area contributed by atoms with Gasteiger partial charge in [-0.25, -0.2) is 9.59 Å². The van der Waals surface area contributed by atoms with Crippen molar-refractivity contribution in [3.05, 3.63) is 51.9 Å². The predicted octanol–water partition coefficient (Wildman–Crippen LogP) is 2.61. The molecular formula is C17H18BrN5O3. The van der Waals surface area contributed by atoms with Gasteiger partial charge in [0.15, 0.2) is 0 Å². The predicted molar refractivity (Wildman–Crippen MR) is 97.4 cm³/mol. The summed E-state index contributed by atoms with van der Waals surface area (Å²) >= 11 is 3.38. The second-order valence-corrected chi connectivity index (χ2v) is 6.98. The van der Waals surface area contributed by atoms with Crippen LogP contribution in [-0.4, -0.2) is 33.1 Å². The van der Waals surface area contributed by atoms with Crippen molar-refractivity contribution in [2.75, 3.05) is 0 Å². The topological polar surface area (TPSA) is 98.1 Å². The normalized spacial score (nSPS) is 17.1. The van der Waals surface area contributed by atoms with Gasteiger partial charge in [-0.1, -0.05) is 15.9 Å². The van der Waals surface area contributed by atoms with Crippen LogP contribution in [0.2, 0.25) is 0 Å². The SMILES string of the molecule is CC1=C(C(=O)OC(C)C)C(c2cnn(-c3ccc(Br)cc3)n2)NC(=O)N1. The van der Waals surface area contributed by atoms with E-state index in [-0.39, 0.29) is 6.10 Å². The molecule has 2 N–H and O–H groups in total. The minimum absolute atomic E-state index is 0.278. The summed E-state index contributed by atoms with van der Waals surface area (Å²) in [5.74, 6) is -0.506. The minimum atomic E-state index is -0.737. The Labute approximate surface area is 158 Å². The van der Waals surface area contributed by atoms with Crippen LogP contribution in [0.25, 0.3) is 5.69 Å². The lowest BCUT2D eigenvalue weighted by Crippen LogP contribution is -2.45. The summed E-state index contributed by atoms with van der Waals surface area (Å²) in [5.41, 5.74) is 1.94. The Morgan fingerprint density at radius 1 is 1.31 bits per heavy atom. The number of esters is 1. The van der Waals surface area contributed by atoms with Crippen molar-refractivity contribution in [1.29, 1.82) is 0 Å². The molecule has 2 amide bonds. The average Bonchev–Trinajstić information content (AvgIpc) is 3.03. The van der Waals surface area contributed by atoms with E-state index < -0.39 is 18.0 Å². The minimum Gasteiger partial charge on any atom is -0.459 e. The fraction of sp³-hybridized carbons (Fsp3) is 0.294. The van der Waals surface area contributed by atoms with E-state index in [1.54, 1.807) is 20.8 Å². The largest absolute Gasteiger partial charge is 0.459 e. The van der Waals surface area contributed by atoms with Crippen molar-refractivity contribution in [2.24, 2.45) is 0 Å². The number of amides is 2. The standard InChI is InChI=1S/C17H18BrN5O3/c1-9(2)26-16(24)14-10(3)20-17(25)21-15(14)13-8-19-23(22-13)12-6-4-11(18)5-7-12/h4-9,15H,1-3H3,(H2,20,21,25). The summed E-state index contributed by atoms with van der Waals surface area (Å²) in [6.45, 7) is 5.19. The molecular weight excluding hydrogens is 402 g/mol. The molecule has 1 aromatic carbocycles. The smallest absolute Gasteiger partial charge is 0.338 e. The molecule has 0 saturated carbocycles.